The summed E-state index contributed by atoms with van der Waals surface area (Å²) >= 11 is 0. The molecule has 1 N–H and O–H groups in total. The molecule has 1 aromatic heterocycles. The van der Waals surface area contributed by atoms with Gasteiger partial charge in [-0.3, -0.25) is 14.2 Å². The van der Waals surface area contributed by atoms with Crippen LogP contribution in [0.15, 0.2) is 81.4 Å². The number of carbonyl (C=O) groups is 1. The predicted octanol–water partition coefficient (Wildman–Crippen LogP) is 3.38. The van der Waals surface area contributed by atoms with E-state index in [-0.39, 0.29) is 16.1 Å². The summed E-state index contributed by atoms with van der Waals surface area (Å²) in [6.07, 6.45) is -3.42. The molecule has 0 spiro atoms. The largest absolute Gasteiger partial charge is 0.416 e. The average Bonchev–Trinajstić information content (AvgIpc) is 2.73. The number of halogens is 3. The molecule has 9 heteroatoms. The fourth-order valence-electron chi connectivity index (χ4n) is 2.66. The smallest absolute Gasteiger partial charge is 0.355 e. The van der Waals surface area contributed by atoms with Gasteiger partial charge in [0.25, 0.3) is 11.5 Å². The molecule has 1 heterocycles. The maximum Gasteiger partial charge on any atom is 0.416 e. The highest BCUT2D eigenvalue weighted by atomic mass is 32.2. The van der Waals surface area contributed by atoms with Gasteiger partial charge in [0.2, 0.25) is 0 Å². The second-order valence-electron chi connectivity index (χ2n) is 5.97. The summed E-state index contributed by atoms with van der Waals surface area (Å²) in [6.45, 7) is 0. The molecule has 2 aromatic carbocycles. The van der Waals surface area contributed by atoms with Crippen molar-refractivity contribution < 1.29 is 22.2 Å². The first-order chi connectivity index (χ1) is 13.7. The third kappa shape index (κ3) is 4.29. The fraction of sp³-hybridized carbons (Fsp3) is 0.100. The molecule has 0 bridgehead atoms. The first kappa shape index (κ1) is 20.5. The minimum atomic E-state index is -4.60. The number of hydrogen-bond acceptors (Lipinski definition) is 3. The van der Waals surface area contributed by atoms with Gasteiger partial charge in [0.05, 0.1) is 21.3 Å². The first-order valence-corrected chi connectivity index (χ1v) is 9.50. The summed E-state index contributed by atoms with van der Waals surface area (Å²) < 4.78 is 53.0. The minimum absolute atomic E-state index is 0.0955. The Kier molecular flexibility index (Phi) is 5.69. The Balaban J connectivity index is 2.23. The standard InChI is InChI=1S/C20H15F3N2O3S/c1-24-18(26)17-11-16(29(28)15-8-3-2-4-9-15)12-25(19(17)27)14-7-5-6-13(10-14)20(21,22)23/h2-12H,1H3,(H,24,26). The number of alkyl halides is 3. The van der Waals surface area contributed by atoms with Gasteiger partial charge in [0.15, 0.2) is 0 Å². The number of aromatic nitrogens is 1. The van der Waals surface area contributed by atoms with Gasteiger partial charge >= 0.3 is 6.18 Å². The molecule has 0 radical (unpaired) electrons. The molecule has 0 aliphatic carbocycles. The highest BCUT2D eigenvalue weighted by molar-refractivity contribution is 7.85. The summed E-state index contributed by atoms with van der Waals surface area (Å²) in [5.74, 6) is -0.734. The van der Waals surface area contributed by atoms with Gasteiger partial charge in [-0.15, -0.1) is 0 Å². The van der Waals surface area contributed by atoms with Crippen LogP contribution in [0.3, 0.4) is 0 Å². The van der Waals surface area contributed by atoms with E-state index in [4.69, 9.17) is 0 Å². The number of amides is 1. The molecular weight excluding hydrogens is 405 g/mol. The molecule has 1 atom stereocenters. The van der Waals surface area contributed by atoms with Crippen molar-refractivity contribution in [3.63, 3.8) is 0 Å². The summed E-state index contributed by atoms with van der Waals surface area (Å²) in [6, 6.07) is 13.6. The number of benzene rings is 2. The highest BCUT2D eigenvalue weighted by Gasteiger charge is 2.30. The molecule has 3 aromatic rings. The van der Waals surface area contributed by atoms with E-state index in [1.807, 2.05) is 0 Å². The monoisotopic (exact) mass is 420 g/mol. The third-order valence-corrected chi connectivity index (χ3v) is 5.44. The van der Waals surface area contributed by atoms with Crippen LogP contribution in [0.2, 0.25) is 0 Å². The predicted molar refractivity (Wildman–Crippen MR) is 102 cm³/mol. The second-order valence-corrected chi connectivity index (χ2v) is 7.45. The zero-order chi connectivity index (χ0) is 21.2. The molecule has 0 fully saturated rings. The number of nitrogens with one attached hydrogen (secondary N) is 1. The number of rotatable bonds is 4. The van der Waals surface area contributed by atoms with Crippen molar-refractivity contribution in [2.75, 3.05) is 7.05 Å². The van der Waals surface area contributed by atoms with E-state index < -0.39 is 34.0 Å². The van der Waals surface area contributed by atoms with E-state index in [1.54, 1.807) is 30.3 Å². The van der Waals surface area contributed by atoms with Gasteiger partial charge in [-0.1, -0.05) is 24.3 Å². The lowest BCUT2D eigenvalue weighted by Gasteiger charge is -2.13. The van der Waals surface area contributed by atoms with Crippen molar-refractivity contribution in [2.45, 2.75) is 16.0 Å². The minimum Gasteiger partial charge on any atom is -0.355 e. The lowest BCUT2D eigenvalue weighted by molar-refractivity contribution is -0.137. The molecule has 1 amide bonds. The van der Waals surface area contributed by atoms with Gasteiger partial charge in [-0.25, -0.2) is 4.21 Å². The SMILES string of the molecule is CNC(=O)c1cc(S(=O)c2ccccc2)cn(-c2cccc(C(F)(F)F)c2)c1=O. The van der Waals surface area contributed by atoms with Crippen LogP contribution in [-0.2, 0) is 17.0 Å². The Morgan fingerprint density at radius 1 is 1.00 bits per heavy atom. The molecule has 3 rings (SSSR count). The summed E-state index contributed by atoms with van der Waals surface area (Å²) in [4.78, 5) is 25.4. The van der Waals surface area contributed by atoms with Crippen LogP contribution in [0.1, 0.15) is 15.9 Å². The Morgan fingerprint density at radius 2 is 1.69 bits per heavy atom. The first-order valence-electron chi connectivity index (χ1n) is 8.35. The third-order valence-electron chi connectivity index (χ3n) is 4.09. The summed E-state index contributed by atoms with van der Waals surface area (Å²) in [7, 11) is -0.436. The van der Waals surface area contributed by atoms with E-state index >= 15 is 0 Å². The van der Waals surface area contributed by atoms with E-state index in [0.29, 0.717) is 4.90 Å². The van der Waals surface area contributed by atoms with Gasteiger partial charge < -0.3 is 5.32 Å². The molecule has 0 saturated heterocycles. The Bertz CT molecular complexity index is 1140. The number of pyridine rings is 1. The Hall–Kier alpha value is -3.20. The molecule has 1 unspecified atom stereocenters. The van der Waals surface area contributed by atoms with Gasteiger partial charge in [-0.05, 0) is 36.4 Å². The number of hydrogen-bond donors (Lipinski definition) is 1. The zero-order valence-electron chi connectivity index (χ0n) is 15.1. The van der Waals surface area contributed by atoms with E-state index in [9.17, 15) is 27.0 Å². The molecule has 29 heavy (non-hydrogen) atoms. The van der Waals surface area contributed by atoms with Crippen LogP contribution in [0.4, 0.5) is 13.2 Å². The van der Waals surface area contributed by atoms with E-state index in [1.165, 1.54) is 25.4 Å². The van der Waals surface area contributed by atoms with Crippen molar-refractivity contribution in [3.05, 3.63) is 88.3 Å². The van der Waals surface area contributed by atoms with Crippen molar-refractivity contribution in [1.29, 1.82) is 0 Å². The highest BCUT2D eigenvalue weighted by Crippen LogP contribution is 2.30. The van der Waals surface area contributed by atoms with Crippen molar-refractivity contribution in [2.24, 2.45) is 0 Å². The van der Waals surface area contributed by atoms with Crippen LogP contribution in [0.5, 0.6) is 0 Å². The fourth-order valence-corrected chi connectivity index (χ4v) is 3.76. The van der Waals surface area contributed by atoms with Gasteiger partial charge in [0, 0.05) is 23.8 Å². The van der Waals surface area contributed by atoms with Crippen molar-refractivity contribution in [3.8, 4) is 5.69 Å². The topological polar surface area (TPSA) is 68.2 Å². The van der Waals surface area contributed by atoms with Crippen LogP contribution >= 0.6 is 0 Å². The van der Waals surface area contributed by atoms with Crippen LogP contribution < -0.4 is 10.9 Å². The normalized spacial score (nSPS) is 12.4. The Labute approximate surface area is 166 Å². The van der Waals surface area contributed by atoms with E-state index in [2.05, 4.69) is 5.32 Å². The molecule has 0 aliphatic heterocycles. The quantitative estimate of drug-likeness (QED) is 0.704. The molecule has 0 saturated carbocycles. The van der Waals surface area contributed by atoms with Crippen molar-refractivity contribution in [1.82, 2.24) is 9.88 Å². The molecule has 0 aliphatic rings. The van der Waals surface area contributed by atoms with Crippen LogP contribution in [0, 0.1) is 0 Å². The average molecular weight is 420 g/mol. The lowest BCUT2D eigenvalue weighted by Crippen LogP contribution is -2.31. The summed E-state index contributed by atoms with van der Waals surface area (Å²) in [5.41, 5.74) is -2.19. The van der Waals surface area contributed by atoms with Crippen LogP contribution in [-0.4, -0.2) is 21.7 Å². The molecule has 5 nitrogen and oxygen atoms in total. The lowest BCUT2D eigenvalue weighted by atomic mass is 10.2. The second kappa shape index (κ2) is 8.04. The summed E-state index contributed by atoms with van der Waals surface area (Å²) in [5, 5.41) is 2.31. The number of nitrogens with zero attached hydrogens (tertiary/aromatic N) is 1. The van der Waals surface area contributed by atoms with Crippen LogP contribution in [0.25, 0.3) is 5.69 Å². The molecular formula is C20H15F3N2O3S. The Morgan fingerprint density at radius 3 is 2.31 bits per heavy atom. The van der Waals surface area contributed by atoms with Gasteiger partial charge in [-0.2, -0.15) is 13.2 Å². The van der Waals surface area contributed by atoms with E-state index in [0.717, 1.165) is 22.8 Å². The zero-order valence-corrected chi connectivity index (χ0v) is 15.9. The van der Waals surface area contributed by atoms with Crippen molar-refractivity contribution >= 4 is 16.7 Å². The molecule has 150 valence electrons. The maximum atomic E-state index is 13.1. The number of carbonyl (C=O) groups excluding carboxylic acids is 1. The maximum absolute atomic E-state index is 13.1. The van der Waals surface area contributed by atoms with Gasteiger partial charge in [0.1, 0.15) is 5.56 Å².